The van der Waals surface area contributed by atoms with Crippen LogP contribution in [-0.4, -0.2) is 47.8 Å². The maximum Gasteiger partial charge on any atom is 0.128 e. The van der Waals surface area contributed by atoms with Crippen LogP contribution in [0.5, 0.6) is 0 Å². The number of halogens is 2. The third-order valence-corrected chi connectivity index (χ3v) is 8.19. The number of nitrogens with one attached hydrogen (secondary N) is 2. The zero-order chi connectivity index (χ0) is 22.5. The van der Waals surface area contributed by atoms with Crippen LogP contribution in [0.25, 0.3) is 41.6 Å². The van der Waals surface area contributed by atoms with E-state index in [1.807, 2.05) is 0 Å². The highest BCUT2D eigenvalue weighted by Crippen LogP contribution is 2.34. The number of aromatic nitrogens is 2. The Labute approximate surface area is 228 Å². The van der Waals surface area contributed by atoms with Crippen LogP contribution in [0.2, 0.25) is 0 Å². The van der Waals surface area contributed by atoms with Crippen LogP contribution >= 0.6 is 47.5 Å². The summed E-state index contributed by atoms with van der Waals surface area (Å²) in [6.07, 6.45) is 0. The van der Waals surface area contributed by atoms with Crippen molar-refractivity contribution in [3.63, 3.8) is 0 Å². The number of amidine groups is 2. The summed E-state index contributed by atoms with van der Waals surface area (Å²) in [6, 6.07) is 21.3. The normalized spacial score (nSPS) is 14.6. The van der Waals surface area contributed by atoms with E-state index < -0.39 is 0 Å². The Hall–Kier alpha value is -3.04. The molecule has 6 nitrogen and oxygen atoms in total. The highest BCUT2D eigenvalue weighted by molar-refractivity contribution is 7.22. The molecular weight excluding hydrogens is 531 g/mol. The van der Waals surface area contributed by atoms with Crippen LogP contribution in [0.1, 0.15) is 11.1 Å². The average molecular weight is 554 g/mol. The monoisotopic (exact) mass is 552 g/mol. The number of hydrogen-bond donors (Lipinski definition) is 2. The number of benzene rings is 3. The van der Waals surface area contributed by atoms with Gasteiger partial charge in [-0.15, -0.1) is 47.5 Å². The van der Waals surface area contributed by atoms with Crippen LogP contribution in [0.15, 0.2) is 70.6 Å². The molecule has 0 fully saturated rings. The molecule has 0 bridgehead atoms. The van der Waals surface area contributed by atoms with Crippen LogP contribution in [0.4, 0.5) is 0 Å². The number of aliphatic imine (C=N–C) groups is 2. The van der Waals surface area contributed by atoms with E-state index in [4.69, 9.17) is 9.97 Å². The largest absolute Gasteiger partial charge is 0.368 e. The molecule has 7 rings (SSSR count). The Balaban J connectivity index is 0.00000133. The van der Waals surface area contributed by atoms with Crippen molar-refractivity contribution in [2.45, 2.75) is 0 Å². The zero-order valence-electron chi connectivity index (χ0n) is 19.0. The highest BCUT2D eigenvalue weighted by Gasteiger charge is 2.14. The van der Waals surface area contributed by atoms with Crippen molar-refractivity contribution in [1.29, 1.82) is 0 Å². The van der Waals surface area contributed by atoms with Gasteiger partial charge in [0.2, 0.25) is 0 Å². The van der Waals surface area contributed by atoms with E-state index in [0.29, 0.717) is 0 Å². The van der Waals surface area contributed by atoms with E-state index in [2.05, 4.69) is 81.3 Å². The molecular formula is C26H22Cl2N6S2. The summed E-state index contributed by atoms with van der Waals surface area (Å²) in [5.41, 5.74) is 6.55. The molecule has 0 saturated heterocycles. The number of fused-ring (bicyclic) bond motifs is 2. The lowest BCUT2D eigenvalue weighted by atomic mass is 10.1. The van der Waals surface area contributed by atoms with Crippen molar-refractivity contribution >= 4 is 79.6 Å². The lowest BCUT2D eigenvalue weighted by Crippen LogP contribution is -2.19. The summed E-state index contributed by atoms with van der Waals surface area (Å²) in [5, 5.41) is 8.74. The summed E-state index contributed by atoms with van der Waals surface area (Å²) in [7, 11) is 0. The first-order valence-corrected chi connectivity index (χ1v) is 12.9. The molecule has 0 spiro atoms. The minimum Gasteiger partial charge on any atom is -0.368 e. The van der Waals surface area contributed by atoms with Crippen molar-refractivity contribution in [2.75, 3.05) is 26.2 Å². The molecule has 0 atom stereocenters. The Morgan fingerprint density at radius 3 is 1.36 bits per heavy atom. The molecule has 36 heavy (non-hydrogen) atoms. The van der Waals surface area contributed by atoms with E-state index in [-0.39, 0.29) is 24.8 Å². The van der Waals surface area contributed by atoms with E-state index in [9.17, 15) is 0 Å². The Bertz CT molecular complexity index is 1500. The average Bonchev–Trinajstić information content (AvgIpc) is 3.69. The zero-order valence-corrected chi connectivity index (χ0v) is 22.3. The fourth-order valence-corrected chi connectivity index (χ4v) is 6.35. The third-order valence-electron chi connectivity index (χ3n) is 6.05. The maximum atomic E-state index is 4.86. The summed E-state index contributed by atoms with van der Waals surface area (Å²) in [4.78, 5) is 18.8. The number of nitrogens with zero attached hydrogens (tertiary/aromatic N) is 4. The molecule has 4 heterocycles. The maximum absolute atomic E-state index is 4.86. The molecule has 0 saturated carbocycles. The standard InChI is InChI=1S/C26H20N6S2.2ClH/c1-2-16(26-32-20-8-6-18(14-22(20)34-26)24-29-11-12-30-24)4-3-15(1)25-31-19-7-5-17(13-21(19)33-25)23-27-9-10-28-23;;/h1-8,13-14H,9-12H2,(H,27,28)(H,29,30);2*1H. The first-order valence-electron chi connectivity index (χ1n) is 11.3. The Morgan fingerprint density at radius 2 is 0.972 bits per heavy atom. The number of rotatable bonds is 4. The molecule has 0 radical (unpaired) electrons. The third kappa shape index (κ3) is 4.46. The van der Waals surface area contributed by atoms with Gasteiger partial charge in [-0.2, -0.15) is 0 Å². The number of hydrogen-bond acceptors (Lipinski definition) is 8. The van der Waals surface area contributed by atoms with Crippen LogP contribution < -0.4 is 10.6 Å². The molecule has 182 valence electrons. The van der Waals surface area contributed by atoms with Crippen LogP contribution in [0.3, 0.4) is 0 Å². The lowest BCUT2D eigenvalue weighted by Gasteiger charge is -2.01. The molecule has 2 aliphatic rings. The molecule has 3 aromatic carbocycles. The van der Waals surface area contributed by atoms with E-state index in [1.54, 1.807) is 22.7 Å². The van der Waals surface area contributed by atoms with Gasteiger partial charge >= 0.3 is 0 Å². The topological polar surface area (TPSA) is 74.6 Å². The van der Waals surface area contributed by atoms with Gasteiger partial charge in [-0.05, 0) is 36.4 Å². The second-order valence-electron chi connectivity index (χ2n) is 8.29. The minimum absolute atomic E-state index is 0. The second kappa shape index (κ2) is 10.1. The minimum atomic E-state index is 0. The quantitative estimate of drug-likeness (QED) is 0.296. The van der Waals surface area contributed by atoms with Crippen molar-refractivity contribution in [2.24, 2.45) is 9.98 Å². The molecule has 2 aliphatic heterocycles. The van der Waals surface area contributed by atoms with Crippen molar-refractivity contribution in [1.82, 2.24) is 20.6 Å². The second-order valence-corrected chi connectivity index (χ2v) is 10.4. The predicted octanol–water partition coefficient (Wildman–Crippen LogP) is 5.78. The fourth-order valence-electron chi connectivity index (χ4n) is 4.33. The lowest BCUT2D eigenvalue weighted by molar-refractivity contribution is 0.960. The first-order chi connectivity index (χ1) is 16.8. The first kappa shape index (κ1) is 24.6. The van der Waals surface area contributed by atoms with Crippen molar-refractivity contribution < 1.29 is 0 Å². The molecule has 0 aliphatic carbocycles. The van der Waals surface area contributed by atoms with E-state index in [1.165, 1.54) is 9.40 Å². The van der Waals surface area contributed by atoms with Gasteiger partial charge in [0.05, 0.1) is 33.5 Å². The summed E-state index contributed by atoms with van der Waals surface area (Å²) < 4.78 is 2.35. The number of thiazole rings is 2. The van der Waals surface area contributed by atoms with Gasteiger partial charge in [0.25, 0.3) is 0 Å². The summed E-state index contributed by atoms with van der Waals surface area (Å²) >= 11 is 3.44. The highest BCUT2D eigenvalue weighted by atomic mass is 35.5. The Kier molecular flexibility index (Phi) is 6.94. The summed E-state index contributed by atoms with van der Waals surface area (Å²) in [6.45, 7) is 3.51. The molecule has 5 aromatic rings. The van der Waals surface area contributed by atoms with Gasteiger partial charge in [-0.1, -0.05) is 24.3 Å². The predicted molar refractivity (Wildman–Crippen MR) is 157 cm³/mol. The van der Waals surface area contributed by atoms with Gasteiger partial charge in [0, 0.05) is 35.3 Å². The van der Waals surface area contributed by atoms with Gasteiger partial charge in [0.15, 0.2) is 0 Å². The van der Waals surface area contributed by atoms with Crippen molar-refractivity contribution in [3.8, 4) is 21.1 Å². The van der Waals surface area contributed by atoms with Gasteiger partial charge in [-0.25, -0.2) is 9.97 Å². The van der Waals surface area contributed by atoms with E-state index in [0.717, 1.165) is 81.2 Å². The van der Waals surface area contributed by atoms with Gasteiger partial charge in [0.1, 0.15) is 21.7 Å². The molecule has 2 aromatic heterocycles. The smallest absolute Gasteiger partial charge is 0.128 e. The van der Waals surface area contributed by atoms with Gasteiger partial charge in [-0.3, -0.25) is 9.98 Å². The molecule has 0 unspecified atom stereocenters. The Morgan fingerprint density at radius 1 is 0.556 bits per heavy atom. The fraction of sp³-hybridized carbons (Fsp3) is 0.154. The van der Waals surface area contributed by atoms with E-state index >= 15 is 0 Å². The molecule has 10 heteroatoms. The van der Waals surface area contributed by atoms with Crippen LogP contribution in [-0.2, 0) is 0 Å². The SMILES string of the molecule is Cl.Cl.c1cc2nc(-c3ccc(-c4nc5ccc(C6=NCCN6)cc5s4)cc3)sc2cc1C1=NCCN1. The summed E-state index contributed by atoms with van der Waals surface area (Å²) in [5.74, 6) is 1.97. The van der Waals surface area contributed by atoms with Crippen LogP contribution in [0, 0.1) is 0 Å². The van der Waals surface area contributed by atoms with Crippen molar-refractivity contribution in [3.05, 3.63) is 71.8 Å². The molecule has 0 amide bonds. The molecule has 2 N–H and O–H groups in total. The van der Waals surface area contributed by atoms with Gasteiger partial charge < -0.3 is 10.6 Å².